The molecule has 1 aromatic rings. The molecule has 0 bridgehead atoms. The van der Waals surface area contributed by atoms with Crippen LogP contribution in [0.15, 0.2) is 22.7 Å². The smallest absolute Gasteiger partial charge is 0.258 e. The second-order valence-corrected chi connectivity index (χ2v) is 6.85. The highest BCUT2D eigenvalue weighted by atomic mass is 79.9. The van der Waals surface area contributed by atoms with Crippen LogP contribution >= 0.6 is 15.9 Å². The summed E-state index contributed by atoms with van der Waals surface area (Å²) in [6.07, 6.45) is 5.08. The van der Waals surface area contributed by atoms with Gasteiger partial charge in [0.25, 0.3) is 5.91 Å². The maximum atomic E-state index is 12.0. The number of nitrogens with one attached hydrogen (secondary N) is 1. The van der Waals surface area contributed by atoms with E-state index in [2.05, 4.69) is 21.2 Å². The quantitative estimate of drug-likeness (QED) is 0.863. The zero-order valence-corrected chi connectivity index (χ0v) is 13.3. The number of halogens is 1. The van der Waals surface area contributed by atoms with Crippen LogP contribution in [0.3, 0.4) is 0 Å². The summed E-state index contributed by atoms with van der Waals surface area (Å²) in [5.74, 6) is 2.16. The maximum absolute atomic E-state index is 12.0. The highest BCUT2D eigenvalue weighted by molar-refractivity contribution is 9.10. The minimum absolute atomic E-state index is 0.00118. The van der Waals surface area contributed by atoms with E-state index in [0.29, 0.717) is 6.04 Å². The first kappa shape index (κ1) is 13.9. The molecule has 1 aromatic carbocycles. The molecule has 0 saturated heterocycles. The fourth-order valence-corrected chi connectivity index (χ4v) is 3.23. The molecule has 4 heteroatoms. The van der Waals surface area contributed by atoms with Gasteiger partial charge in [-0.05, 0) is 78.1 Å². The van der Waals surface area contributed by atoms with Gasteiger partial charge in [-0.2, -0.15) is 0 Å². The lowest BCUT2D eigenvalue weighted by Gasteiger charge is -2.18. The van der Waals surface area contributed by atoms with Gasteiger partial charge in [-0.25, -0.2) is 0 Å². The van der Waals surface area contributed by atoms with Crippen LogP contribution in [0.4, 0.5) is 0 Å². The van der Waals surface area contributed by atoms with Gasteiger partial charge in [0, 0.05) is 6.04 Å². The minimum atomic E-state index is 0.00118. The van der Waals surface area contributed by atoms with Crippen LogP contribution in [0, 0.1) is 18.8 Å². The molecule has 3 nitrogen and oxygen atoms in total. The van der Waals surface area contributed by atoms with Crippen LogP contribution in [0.2, 0.25) is 0 Å². The number of carbonyl (C=O) groups is 1. The van der Waals surface area contributed by atoms with Gasteiger partial charge >= 0.3 is 0 Å². The second-order valence-electron chi connectivity index (χ2n) is 5.99. The van der Waals surface area contributed by atoms with Crippen molar-refractivity contribution in [2.75, 3.05) is 6.61 Å². The topological polar surface area (TPSA) is 38.3 Å². The normalized spacial score (nSPS) is 18.1. The van der Waals surface area contributed by atoms with Crippen molar-refractivity contribution in [3.63, 3.8) is 0 Å². The van der Waals surface area contributed by atoms with Crippen LogP contribution in [-0.4, -0.2) is 18.6 Å². The average Bonchev–Trinajstić information content (AvgIpc) is 3.28. The Morgan fingerprint density at radius 1 is 1.35 bits per heavy atom. The summed E-state index contributed by atoms with van der Waals surface area (Å²) in [6, 6.07) is 6.26. The first-order chi connectivity index (χ1) is 9.63. The Balaban J connectivity index is 1.51. The third kappa shape index (κ3) is 3.54. The molecule has 0 heterocycles. The van der Waals surface area contributed by atoms with E-state index in [1.165, 1.54) is 25.7 Å². The van der Waals surface area contributed by atoms with E-state index < -0.39 is 0 Å². The first-order valence-corrected chi connectivity index (χ1v) is 8.11. The predicted octanol–water partition coefficient (Wildman–Crippen LogP) is 3.44. The minimum Gasteiger partial charge on any atom is -0.483 e. The molecular formula is C16H20BrNO2. The Morgan fingerprint density at radius 2 is 2.00 bits per heavy atom. The van der Waals surface area contributed by atoms with Gasteiger partial charge in [0.05, 0.1) is 4.47 Å². The van der Waals surface area contributed by atoms with Crippen molar-refractivity contribution in [3.05, 3.63) is 28.2 Å². The molecule has 2 aliphatic rings. The number of amides is 1. The van der Waals surface area contributed by atoms with Gasteiger partial charge in [-0.15, -0.1) is 0 Å². The largest absolute Gasteiger partial charge is 0.483 e. The molecule has 2 saturated carbocycles. The lowest BCUT2D eigenvalue weighted by Crippen LogP contribution is -2.40. The van der Waals surface area contributed by atoms with E-state index in [4.69, 9.17) is 4.74 Å². The van der Waals surface area contributed by atoms with E-state index >= 15 is 0 Å². The Morgan fingerprint density at radius 3 is 2.55 bits per heavy atom. The summed E-state index contributed by atoms with van der Waals surface area (Å²) >= 11 is 3.46. The SMILES string of the molecule is Cc1ccc(OCC(=O)NC(C2CC2)C2CC2)c(Br)c1. The van der Waals surface area contributed by atoms with Gasteiger partial charge in [0.2, 0.25) is 0 Å². The summed E-state index contributed by atoms with van der Waals surface area (Å²) in [6.45, 7) is 2.12. The molecule has 0 spiro atoms. The molecule has 0 aromatic heterocycles. The van der Waals surface area contributed by atoms with Crippen molar-refractivity contribution < 1.29 is 9.53 Å². The number of rotatable bonds is 6. The fraction of sp³-hybridized carbons (Fsp3) is 0.562. The summed E-state index contributed by atoms with van der Waals surface area (Å²) in [5, 5.41) is 3.16. The van der Waals surface area contributed by atoms with Crippen LogP contribution in [-0.2, 0) is 4.79 Å². The third-order valence-corrected chi connectivity index (χ3v) is 4.65. The van der Waals surface area contributed by atoms with E-state index in [9.17, 15) is 4.79 Å². The van der Waals surface area contributed by atoms with Crippen LogP contribution in [0.25, 0.3) is 0 Å². The Hall–Kier alpha value is -1.03. The molecule has 2 aliphatic carbocycles. The zero-order chi connectivity index (χ0) is 14.1. The van der Waals surface area contributed by atoms with Crippen molar-refractivity contribution in [2.24, 2.45) is 11.8 Å². The monoisotopic (exact) mass is 337 g/mol. The number of ether oxygens (including phenoxy) is 1. The predicted molar refractivity (Wildman–Crippen MR) is 81.8 cm³/mol. The fourth-order valence-electron chi connectivity index (χ4n) is 2.63. The second kappa shape index (κ2) is 5.76. The zero-order valence-electron chi connectivity index (χ0n) is 11.7. The molecule has 2 fully saturated rings. The van der Waals surface area contributed by atoms with E-state index in [1.54, 1.807) is 0 Å². The Labute approximate surface area is 128 Å². The Bertz CT molecular complexity index is 497. The summed E-state index contributed by atoms with van der Waals surface area (Å²) in [7, 11) is 0. The van der Waals surface area contributed by atoms with Gasteiger partial charge in [-0.3, -0.25) is 4.79 Å². The number of benzene rings is 1. The van der Waals surface area contributed by atoms with Crippen molar-refractivity contribution in [1.82, 2.24) is 5.32 Å². The molecule has 20 heavy (non-hydrogen) atoms. The van der Waals surface area contributed by atoms with E-state index in [-0.39, 0.29) is 12.5 Å². The number of hydrogen-bond acceptors (Lipinski definition) is 2. The molecule has 1 N–H and O–H groups in total. The lowest BCUT2D eigenvalue weighted by atomic mass is 10.1. The first-order valence-electron chi connectivity index (χ1n) is 7.32. The van der Waals surface area contributed by atoms with Crippen LogP contribution < -0.4 is 10.1 Å². The van der Waals surface area contributed by atoms with E-state index in [1.807, 2.05) is 25.1 Å². The lowest BCUT2D eigenvalue weighted by molar-refractivity contribution is -0.124. The van der Waals surface area contributed by atoms with Crippen LogP contribution in [0.1, 0.15) is 31.2 Å². The summed E-state index contributed by atoms with van der Waals surface area (Å²) < 4.78 is 6.49. The van der Waals surface area contributed by atoms with Crippen molar-refractivity contribution in [2.45, 2.75) is 38.6 Å². The van der Waals surface area contributed by atoms with Crippen molar-refractivity contribution in [1.29, 1.82) is 0 Å². The highest BCUT2D eigenvalue weighted by Gasteiger charge is 2.42. The van der Waals surface area contributed by atoms with Crippen LogP contribution in [0.5, 0.6) is 5.75 Å². The number of aryl methyl sites for hydroxylation is 1. The van der Waals surface area contributed by atoms with Gasteiger partial charge < -0.3 is 10.1 Å². The van der Waals surface area contributed by atoms with Gasteiger partial charge in [0.15, 0.2) is 6.61 Å². The van der Waals surface area contributed by atoms with Crippen molar-refractivity contribution in [3.8, 4) is 5.75 Å². The number of carbonyl (C=O) groups excluding carboxylic acids is 1. The Kier molecular flexibility index (Phi) is 4.01. The molecular weight excluding hydrogens is 318 g/mol. The van der Waals surface area contributed by atoms with Gasteiger partial charge in [0.1, 0.15) is 5.75 Å². The molecule has 0 radical (unpaired) electrons. The summed E-state index contributed by atoms with van der Waals surface area (Å²) in [5.41, 5.74) is 1.16. The van der Waals surface area contributed by atoms with Gasteiger partial charge in [-0.1, -0.05) is 6.07 Å². The third-order valence-electron chi connectivity index (χ3n) is 4.03. The van der Waals surface area contributed by atoms with Crippen molar-refractivity contribution >= 4 is 21.8 Å². The molecule has 0 aliphatic heterocycles. The summed E-state index contributed by atoms with van der Waals surface area (Å²) in [4.78, 5) is 12.0. The van der Waals surface area contributed by atoms with E-state index in [0.717, 1.165) is 27.6 Å². The molecule has 0 unspecified atom stereocenters. The molecule has 1 amide bonds. The number of hydrogen-bond donors (Lipinski definition) is 1. The standard InChI is InChI=1S/C16H20BrNO2/c1-10-2-7-14(13(17)8-10)20-9-15(19)18-16(11-3-4-11)12-5-6-12/h2,7-8,11-12,16H,3-6,9H2,1H3,(H,18,19). The average molecular weight is 338 g/mol. The maximum Gasteiger partial charge on any atom is 0.258 e. The molecule has 108 valence electrons. The molecule has 3 rings (SSSR count). The molecule has 0 atom stereocenters. The highest BCUT2D eigenvalue weighted by Crippen LogP contribution is 2.44.